The summed E-state index contributed by atoms with van der Waals surface area (Å²) in [6.07, 6.45) is 0.799. The lowest BCUT2D eigenvalue weighted by Gasteiger charge is -2.25. The zero-order chi connectivity index (χ0) is 17.8. The van der Waals surface area contributed by atoms with Crippen molar-refractivity contribution >= 4 is 29.1 Å². The van der Waals surface area contributed by atoms with Crippen molar-refractivity contribution in [2.45, 2.75) is 47.1 Å². The summed E-state index contributed by atoms with van der Waals surface area (Å²) in [5.74, 6) is -0.264. The Labute approximate surface area is 142 Å². The lowest BCUT2D eigenvalue weighted by atomic mass is 9.90. The van der Waals surface area contributed by atoms with Gasteiger partial charge in [-0.25, -0.2) is 0 Å². The Morgan fingerprint density at radius 1 is 1.30 bits per heavy atom. The number of nitrogens with one attached hydrogen (secondary N) is 2. The molecule has 0 radical (unpaired) electrons. The second-order valence-corrected chi connectivity index (χ2v) is 6.57. The molecule has 2 N–H and O–H groups in total. The normalized spacial score (nSPS) is 12.5. The molecule has 0 aromatic heterocycles. The molecule has 0 aliphatic rings. The highest BCUT2D eigenvalue weighted by atomic mass is 35.5. The zero-order valence-electron chi connectivity index (χ0n) is 14.5. The van der Waals surface area contributed by atoms with Crippen molar-refractivity contribution in [3.05, 3.63) is 22.7 Å². The lowest BCUT2D eigenvalue weighted by molar-refractivity contribution is -0.138. The van der Waals surface area contributed by atoms with Crippen molar-refractivity contribution in [2.24, 2.45) is 5.41 Å². The standard InChI is InChI=1S/C17H25ClN2O3/c1-7-11(3)19-15(21)17(4,5)16(22)20-13-8-10(2)12(18)9-14(13)23-6/h8-9,11H,7H2,1-6H3,(H,19,21)(H,20,22). The molecule has 0 saturated carbocycles. The number of benzene rings is 1. The molecule has 6 heteroatoms. The predicted molar refractivity (Wildman–Crippen MR) is 93.0 cm³/mol. The number of halogens is 1. The van der Waals surface area contributed by atoms with Gasteiger partial charge >= 0.3 is 0 Å². The molecule has 0 saturated heterocycles. The van der Waals surface area contributed by atoms with Crippen LogP contribution >= 0.6 is 11.6 Å². The number of ether oxygens (including phenoxy) is 1. The van der Waals surface area contributed by atoms with Crippen LogP contribution in [0.15, 0.2) is 12.1 Å². The van der Waals surface area contributed by atoms with Gasteiger partial charge in [0.1, 0.15) is 11.2 Å². The van der Waals surface area contributed by atoms with E-state index in [4.69, 9.17) is 16.3 Å². The van der Waals surface area contributed by atoms with Crippen LogP contribution in [0.3, 0.4) is 0 Å². The van der Waals surface area contributed by atoms with Crippen molar-refractivity contribution in [3.8, 4) is 5.75 Å². The van der Waals surface area contributed by atoms with Gasteiger partial charge in [-0.05, 0) is 45.7 Å². The minimum Gasteiger partial charge on any atom is -0.495 e. The van der Waals surface area contributed by atoms with E-state index in [-0.39, 0.29) is 11.9 Å². The van der Waals surface area contributed by atoms with Crippen LogP contribution < -0.4 is 15.4 Å². The number of amides is 2. The number of carbonyl (C=O) groups is 2. The maximum absolute atomic E-state index is 12.5. The molecule has 1 rings (SSSR count). The number of aryl methyl sites for hydroxylation is 1. The van der Waals surface area contributed by atoms with Gasteiger partial charge in [-0.3, -0.25) is 9.59 Å². The van der Waals surface area contributed by atoms with E-state index in [1.165, 1.54) is 7.11 Å². The topological polar surface area (TPSA) is 67.4 Å². The van der Waals surface area contributed by atoms with E-state index in [2.05, 4.69) is 10.6 Å². The summed E-state index contributed by atoms with van der Waals surface area (Å²) in [4.78, 5) is 24.9. The SMILES string of the molecule is CCC(C)NC(=O)C(C)(C)C(=O)Nc1cc(C)c(Cl)cc1OC. The predicted octanol–water partition coefficient (Wildman–Crippen LogP) is 3.54. The molecule has 0 bridgehead atoms. The number of hydrogen-bond acceptors (Lipinski definition) is 3. The fourth-order valence-electron chi connectivity index (χ4n) is 1.82. The van der Waals surface area contributed by atoms with Gasteiger partial charge in [-0.1, -0.05) is 18.5 Å². The van der Waals surface area contributed by atoms with Crippen LogP contribution in [-0.4, -0.2) is 25.0 Å². The third-order valence-corrected chi connectivity index (χ3v) is 4.26. The molecule has 1 unspecified atom stereocenters. The fraction of sp³-hybridized carbons (Fsp3) is 0.529. The fourth-order valence-corrected chi connectivity index (χ4v) is 1.97. The maximum Gasteiger partial charge on any atom is 0.239 e. The Bertz CT molecular complexity index is 600. The van der Waals surface area contributed by atoms with Gasteiger partial charge in [0.2, 0.25) is 11.8 Å². The molecule has 5 nitrogen and oxygen atoms in total. The van der Waals surface area contributed by atoms with Crippen LogP contribution in [0.5, 0.6) is 5.75 Å². The molecule has 1 aromatic rings. The molecule has 0 aliphatic carbocycles. The summed E-state index contributed by atoms with van der Waals surface area (Å²) in [6.45, 7) is 8.89. The van der Waals surface area contributed by atoms with E-state index in [1.807, 2.05) is 20.8 Å². The van der Waals surface area contributed by atoms with E-state index < -0.39 is 11.3 Å². The van der Waals surface area contributed by atoms with Crippen LogP contribution in [-0.2, 0) is 9.59 Å². The van der Waals surface area contributed by atoms with Gasteiger partial charge in [0, 0.05) is 17.1 Å². The Balaban J connectivity index is 2.98. The van der Waals surface area contributed by atoms with Gasteiger partial charge in [-0.2, -0.15) is 0 Å². The highest BCUT2D eigenvalue weighted by Crippen LogP contribution is 2.32. The van der Waals surface area contributed by atoms with Gasteiger partial charge in [-0.15, -0.1) is 0 Å². The Kier molecular flexibility index (Phi) is 6.45. The smallest absolute Gasteiger partial charge is 0.239 e. The first-order valence-corrected chi connectivity index (χ1v) is 7.97. The van der Waals surface area contributed by atoms with Crippen LogP contribution in [0, 0.1) is 12.3 Å². The van der Waals surface area contributed by atoms with E-state index >= 15 is 0 Å². The van der Waals surface area contributed by atoms with E-state index in [0.29, 0.717) is 16.5 Å². The van der Waals surface area contributed by atoms with Crippen molar-refractivity contribution in [2.75, 3.05) is 12.4 Å². The van der Waals surface area contributed by atoms with Crippen molar-refractivity contribution in [1.82, 2.24) is 5.32 Å². The van der Waals surface area contributed by atoms with Gasteiger partial charge in [0.25, 0.3) is 0 Å². The summed E-state index contributed by atoms with van der Waals surface area (Å²) in [6, 6.07) is 3.38. The molecular weight excluding hydrogens is 316 g/mol. The molecule has 0 aliphatic heterocycles. The summed E-state index contributed by atoms with van der Waals surface area (Å²) in [7, 11) is 1.50. The summed E-state index contributed by atoms with van der Waals surface area (Å²) in [5, 5.41) is 6.14. The largest absolute Gasteiger partial charge is 0.495 e. The average Bonchev–Trinajstić information content (AvgIpc) is 2.50. The van der Waals surface area contributed by atoms with Crippen LogP contribution in [0.25, 0.3) is 0 Å². The molecule has 128 valence electrons. The second-order valence-electron chi connectivity index (χ2n) is 6.16. The molecule has 0 fully saturated rings. The number of carbonyl (C=O) groups excluding carboxylic acids is 2. The third kappa shape index (κ3) is 4.61. The van der Waals surface area contributed by atoms with E-state index in [0.717, 1.165) is 12.0 Å². The third-order valence-electron chi connectivity index (χ3n) is 3.85. The molecule has 1 aromatic carbocycles. The number of hydrogen-bond donors (Lipinski definition) is 2. The summed E-state index contributed by atoms with van der Waals surface area (Å²) < 4.78 is 5.24. The van der Waals surface area contributed by atoms with Crippen LogP contribution in [0.4, 0.5) is 5.69 Å². The Morgan fingerprint density at radius 2 is 1.91 bits per heavy atom. The average molecular weight is 341 g/mol. The molecule has 2 amide bonds. The highest BCUT2D eigenvalue weighted by Gasteiger charge is 2.37. The molecule has 0 heterocycles. The minimum absolute atomic E-state index is 0.0156. The molecular formula is C17H25ClN2O3. The monoisotopic (exact) mass is 340 g/mol. The van der Waals surface area contributed by atoms with Crippen LogP contribution in [0.2, 0.25) is 5.02 Å². The molecule has 1 atom stereocenters. The summed E-state index contributed by atoms with van der Waals surface area (Å²) in [5.41, 5.74) is 0.0931. The summed E-state index contributed by atoms with van der Waals surface area (Å²) >= 11 is 6.06. The van der Waals surface area contributed by atoms with Crippen molar-refractivity contribution in [1.29, 1.82) is 0 Å². The van der Waals surface area contributed by atoms with Crippen LogP contribution in [0.1, 0.15) is 39.7 Å². The van der Waals surface area contributed by atoms with Crippen molar-refractivity contribution in [3.63, 3.8) is 0 Å². The first kappa shape index (κ1) is 19.3. The maximum atomic E-state index is 12.5. The zero-order valence-corrected chi connectivity index (χ0v) is 15.3. The van der Waals surface area contributed by atoms with Gasteiger partial charge in [0.05, 0.1) is 12.8 Å². The first-order valence-electron chi connectivity index (χ1n) is 7.60. The molecule has 23 heavy (non-hydrogen) atoms. The Hall–Kier alpha value is -1.75. The van der Waals surface area contributed by atoms with E-state index in [9.17, 15) is 9.59 Å². The second kappa shape index (κ2) is 7.68. The number of rotatable bonds is 6. The number of methoxy groups -OCH3 is 1. The molecule has 0 spiro atoms. The highest BCUT2D eigenvalue weighted by molar-refractivity contribution is 6.31. The van der Waals surface area contributed by atoms with Gasteiger partial charge in [0.15, 0.2) is 0 Å². The van der Waals surface area contributed by atoms with Crippen molar-refractivity contribution < 1.29 is 14.3 Å². The Morgan fingerprint density at radius 3 is 2.43 bits per heavy atom. The first-order chi connectivity index (χ1) is 10.6. The number of anilines is 1. The quantitative estimate of drug-likeness (QED) is 0.778. The van der Waals surface area contributed by atoms with E-state index in [1.54, 1.807) is 26.0 Å². The minimum atomic E-state index is -1.21. The van der Waals surface area contributed by atoms with Gasteiger partial charge < -0.3 is 15.4 Å². The lowest BCUT2D eigenvalue weighted by Crippen LogP contribution is -2.47.